The van der Waals surface area contributed by atoms with E-state index in [4.69, 9.17) is 11.6 Å². The van der Waals surface area contributed by atoms with Crippen molar-refractivity contribution in [2.24, 2.45) is 0 Å². The highest BCUT2D eigenvalue weighted by Crippen LogP contribution is 2.25. The number of hydrogen-bond donors (Lipinski definition) is 1. The largest absolute Gasteiger partial charge is 0.348 e. The predicted octanol–water partition coefficient (Wildman–Crippen LogP) is 1.50. The van der Waals surface area contributed by atoms with E-state index in [9.17, 15) is 18.0 Å². The third-order valence-corrected chi connectivity index (χ3v) is 6.04. The molecule has 156 valence electrons. The molecule has 0 fully saturated rings. The van der Waals surface area contributed by atoms with Crippen LogP contribution in [0, 0.1) is 0 Å². The summed E-state index contributed by atoms with van der Waals surface area (Å²) >= 11 is 6.14. The van der Waals surface area contributed by atoms with Gasteiger partial charge in [-0.2, -0.15) is 0 Å². The van der Waals surface area contributed by atoms with Crippen LogP contribution in [0.1, 0.15) is 22.3 Å². The van der Waals surface area contributed by atoms with Crippen LogP contribution in [0.15, 0.2) is 46.5 Å². The minimum Gasteiger partial charge on any atom is -0.348 e. The highest BCUT2D eigenvalue weighted by Gasteiger charge is 2.30. The number of aromatic nitrogens is 4. The van der Waals surface area contributed by atoms with Gasteiger partial charge in [-0.3, -0.25) is 14.3 Å². The molecule has 1 N–H and O–H groups in total. The fourth-order valence-electron chi connectivity index (χ4n) is 3.44. The Bertz CT molecular complexity index is 1310. The van der Waals surface area contributed by atoms with Crippen LogP contribution in [-0.2, 0) is 29.5 Å². The summed E-state index contributed by atoms with van der Waals surface area (Å²) in [7, 11) is -3.66. The van der Waals surface area contributed by atoms with Gasteiger partial charge in [-0.1, -0.05) is 29.8 Å². The molecule has 2 aromatic heterocycles. The number of carbonyl (C=O) groups is 1. The zero-order chi connectivity index (χ0) is 21.5. The Balaban J connectivity index is 1.77. The van der Waals surface area contributed by atoms with Crippen LogP contribution in [0.3, 0.4) is 0 Å². The standard InChI is InChI=1S/C19H18ClN5O4S/c1-30(28,29)19-21-8-7-14(23-19)16-15(18(27)25-10-4-9-24(16)25)17(26)22-11-12-5-2-3-6-13(12)20/h2-3,5-8H,4,9-11H2,1H3,(H,22,26). The molecule has 3 heterocycles. The Labute approximate surface area is 177 Å². The molecule has 1 aliphatic rings. The van der Waals surface area contributed by atoms with E-state index in [0.717, 1.165) is 12.7 Å². The van der Waals surface area contributed by atoms with E-state index in [1.165, 1.54) is 16.9 Å². The number of hydrogen-bond acceptors (Lipinski definition) is 6. The molecule has 4 rings (SSSR count). The van der Waals surface area contributed by atoms with Gasteiger partial charge in [0.25, 0.3) is 11.5 Å². The van der Waals surface area contributed by atoms with Gasteiger partial charge in [0.1, 0.15) is 11.3 Å². The fraction of sp³-hybridized carbons (Fsp3) is 0.263. The Hall–Kier alpha value is -2.98. The number of halogens is 1. The summed E-state index contributed by atoms with van der Waals surface area (Å²) < 4.78 is 26.9. The summed E-state index contributed by atoms with van der Waals surface area (Å²) in [5.74, 6) is -0.580. The lowest BCUT2D eigenvalue weighted by atomic mass is 10.1. The molecule has 0 saturated carbocycles. The molecule has 0 saturated heterocycles. The Morgan fingerprint density at radius 2 is 1.93 bits per heavy atom. The highest BCUT2D eigenvalue weighted by molar-refractivity contribution is 7.90. The first-order chi connectivity index (χ1) is 14.3. The average molecular weight is 448 g/mol. The predicted molar refractivity (Wildman–Crippen MR) is 110 cm³/mol. The summed E-state index contributed by atoms with van der Waals surface area (Å²) in [6.45, 7) is 1.12. The zero-order valence-electron chi connectivity index (χ0n) is 16.0. The number of carbonyl (C=O) groups excluding carboxylic acids is 1. The van der Waals surface area contributed by atoms with Gasteiger partial charge < -0.3 is 5.32 Å². The summed E-state index contributed by atoms with van der Waals surface area (Å²) in [5, 5.41) is 2.86. The van der Waals surface area contributed by atoms with Gasteiger partial charge in [0.2, 0.25) is 15.0 Å². The smallest absolute Gasteiger partial charge is 0.280 e. The van der Waals surface area contributed by atoms with Crippen molar-refractivity contribution in [2.45, 2.75) is 31.2 Å². The van der Waals surface area contributed by atoms with Gasteiger partial charge >= 0.3 is 0 Å². The third kappa shape index (κ3) is 3.63. The first-order valence-electron chi connectivity index (χ1n) is 9.16. The van der Waals surface area contributed by atoms with Crippen LogP contribution < -0.4 is 10.9 Å². The maximum absolute atomic E-state index is 13.0. The Morgan fingerprint density at radius 3 is 2.67 bits per heavy atom. The summed E-state index contributed by atoms with van der Waals surface area (Å²) in [6, 6.07) is 8.56. The number of amides is 1. The lowest BCUT2D eigenvalue weighted by molar-refractivity contribution is 0.0950. The number of nitrogens with one attached hydrogen (secondary N) is 1. The van der Waals surface area contributed by atoms with Crippen molar-refractivity contribution in [3.05, 3.63) is 63.0 Å². The molecule has 0 aliphatic carbocycles. The van der Waals surface area contributed by atoms with Crippen LogP contribution in [0.4, 0.5) is 0 Å². The average Bonchev–Trinajstić information content (AvgIpc) is 3.29. The van der Waals surface area contributed by atoms with Crippen LogP contribution in [0.25, 0.3) is 11.4 Å². The summed E-state index contributed by atoms with van der Waals surface area (Å²) in [4.78, 5) is 33.8. The summed E-state index contributed by atoms with van der Waals surface area (Å²) in [5.41, 5.74) is 0.661. The molecule has 0 radical (unpaired) electrons. The second-order valence-electron chi connectivity index (χ2n) is 6.90. The molecule has 0 atom stereocenters. The maximum Gasteiger partial charge on any atom is 0.280 e. The molecule has 1 aromatic carbocycles. The van der Waals surface area contributed by atoms with Crippen molar-refractivity contribution in [1.29, 1.82) is 0 Å². The number of benzene rings is 1. The van der Waals surface area contributed by atoms with E-state index in [1.54, 1.807) is 28.9 Å². The van der Waals surface area contributed by atoms with E-state index in [0.29, 0.717) is 23.7 Å². The highest BCUT2D eigenvalue weighted by atomic mass is 35.5. The minimum atomic E-state index is -3.66. The van der Waals surface area contributed by atoms with Crippen molar-refractivity contribution in [2.75, 3.05) is 6.26 Å². The Morgan fingerprint density at radius 1 is 1.20 bits per heavy atom. The van der Waals surface area contributed by atoms with E-state index >= 15 is 0 Å². The number of nitrogens with zero attached hydrogens (tertiary/aromatic N) is 4. The van der Waals surface area contributed by atoms with Gasteiger partial charge in [-0.25, -0.2) is 23.1 Å². The van der Waals surface area contributed by atoms with Crippen molar-refractivity contribution >= 4 is 27.3 Å². The van der Waals surface area contributed by atoms with Gasteiger partial charge in [-0.05, 0) is 24.1 Å². The van der Waals surface area contributed by atoms with Crippen LogP contribution >= 0.6 is 11.6 Å². The molecule has 3 aromatic rings. The quantitative estimate of drug-likeness (QED) is 0.592. The van der Waals surface area contributed by atoms with E-state index in [1.807, 2.05) is 0 Å². The van der Waals surface area contributed by atoms with Crippen LogP contribution in [0.2, 0.25) is 5.02 Å². The second-order valence-corrected chi connectivity index (χ2v) is 9.22. The topological polar surface area (TPSA) is 116 Å². The molecule has 0 unspecified atom stereocenters. The van der Waals surface area contributed by atoms with Crippen molar-refractivity contribution < 1.29 is 13.2 Å². The molecular weight excluding hydrogens is 430 g/mol. The van der Waals surface area contributed by atoms with Crippen molar-refractivity contribution in [3.8, 4) is 11.4 Å². The van der Waals surface area contributed by atoms with Gasteiger partial charge in [0.05, 0.1) is 5.69 Å². The van der Waals surface area contributed by atoms with Gasteiger partial charge in [-0.15, -0.1) is 0 Å². The Kier molecular flexibility index (Phi) is 5.20. The molecule has 11 heteroatoms. The normalized spacial score (nSPS) is 13.3. The first kappa shape index (κ1) is 20.3. The molecule has 30 heavy (non-hydrogen) atoms. The molecular formula is C19H18ClN5O4S. The number of rotatable bonds is 5. The van der Waals surface area contributed by atoms with Gasteiger partial charge in [0.15, 0.2) is 0 Å². The van der Waals surface area contributed by atoms with E-state index < -0.39 is 21.3 Å². The second kappa shape index (κ2) is 7.69. The third-order valence-electron chi connectivity index (χ3n) is 4.81. The van der Waals surface area contributed by atoms with E-state index in [-0.39, 0.29) is 28.7 Å². The van der Waals surface area contributed by atoms with Crippen molar-refractivity contribution in [1.82, 2.24) is 24.6 Å². The number of fused-ring (bicyclic) bond motifs is 1. The van der Waals surface area contributed by atoms with Crippen LogP contribution in [0.5, 0.6) is 0 Å². The first-order valence-corrected chi connectivity index (χ1v) is 11.4. The lowest BCUT2D eigenvalue weighted by Gasteiger charge is -2.09. The molecule has 0 spiro atoms. The molecule has 9 nitrogen and oxygen atoms in total. The minimum absolute atomic E-state index is 0.0834. The van der Waals surface area contributed by atoms with Crippen molar-refractivity contribution in [3.63, 3.8) is 0 Å². The van der Waals surface area contributed by atoms with Crippen LogP contribution in [-0.4, -0.2) is 39.9 Å². The maximum atomic E-state index is 13.0. The fourth-order valence-corrected chi connectivity index (χ4v) is 4.16. The lowest BCUT2D eigenvalue weighted by Crippen LogP contribution is -2.29. The number of sulfone groups is 1. The molecule has 1 amide bonds. The molecule has 1 aliphatic heterocycles. The monoisotopic (exact) mass is 447 g/mol. The molecule has 0 bridgehead atoms. The summed E-state index contributed by atoms with van der Waals surface area (Å²) in [6.07, 6.45) is 3.03. The van der Waals surface area contributed by atoms with E-state index in [2.05, 4.69) is 15.3 Å². The zero-order valence-corrected chi connectivity index (χ0v) is 17.6. The van der Waals surface area contributed by atoms with Gasteiger partial charge in [0, 0.05) is 37.1 Å². The SMILES string of the molecule is CS(=O)(=O)c1nccc(-c2c(C(=O)NCc3ccccc3Cl)c(=O)n3n2CCC3)n1.